The lowest BCUT2D eigenvalue weighted by Crippen LogP contribution is -2.37. The molecule has 0 unspecified atom stereocenters. The van der Waals surface area contributed by atoms with Crippen molar-refractivity contribution in [3.05, 3.63) is 34.8 Å². The standard InChI is InChI=1S/C13H16BrN3O/c14-13-11-3-1-2-5-17(11)12(15-13)4-6-16-7-9-18-10-8-16/h1-3,5H,4,6-10H2. The van der Waals surface area contributed by atoms with Crippen LogP contribution in [0.5, 0.6) is 0 Å². The summed E-state index contributed by atoms with van der Waals surface area (Å²) in [6.07, 6.45) is 3.04. The third-order valence-corrected chi connectivity index (χ3v) is 3.92. The zero-order valence-electron chi connectivity index (χ0n) is 10.2. The second-order valence-corrected chi connectivity index (χ2v) is 5.23. The lowest BCUT2D eigenvalue weighted by molar-refractivity contribution is 0.0382. The van der Waals surface area contributed by atoms with Crippen LogP contribution < -0.4 is 0 Å². The van der Waals surface area contributed by atoms with Gasteiger partial charge >= 0.3 is 0 Å². The molecule has 2 aromatic rings. The average molecular weight is 310 g/mol. The van der Waals surface area contributed by atoms with Crippen molar-refractivity contribution in [3.8, 4) is 0 Å². The van der Waals surface area contributed by atoms with E-state index in [1.54, 1.807) is 0 Å². The highest BCUT2D eigenvalue weighted by atomic mass is 79.9. The molecule has 0 radical (unpaired) electrons. The number of nitrogens with zero attached hydrogens (tertiary/aromatic N) is 3. The quantitative estimate of drug-likeness (QED) is 0.868. The number of halogens is 1. The molecule has 1 fully saturated rings. The fraction of sp³-hybridized carbons (Fsp3) is 0.462. The van der Waals surface area contributed by atoms with Crippen LogP contribution in [0, 0.1) is 0 Å². The number of morpholine rings is 1. The maximum absolute atomic E-state index is 5.36. The highest BCUT2D eigenvalue weighted by Crippen LogP contribution is 2.18. The highest BCUT2D eigenvalue weighted by Gasteiger charge is 2.13. The minimum atomic E-state index is 0.853. The van der Waals surface area contributed by atoms with Crippen LogP contribution in [0.3, 0.4) is 0 Å². The molecule has 0 atom stereocenters. The van der Waals surface area contributed by atoms with E-state index in [4.69, 9.17) is 4.74 Å². The first-order valence-corrected chi connectivity index (χ1v) is 7.05. The molecule has 0 aromatic carbocycles. The van der Waals surface area contributed by atoms with Gasteiger partial charge in [-0.1, -0.05) is 6.07 Å². The molecule has 2 aromatic heterocycles. The van der Waals surface area contributed by atoms with E-state index in [2.05, 4.69) is 42.5 Å². The van der Waals surface area contributed by atoms with Crippen LogP contribution in [0.25, 0.3) is 5.52 Å². The van der Waals surface area contributed by atoms with Gasteiger partial charge < -0.3 is 9.14 Å². The van der Waals surface area contributed by atoms with Crippen LogP contribution in [0.1, 0.15) is 5.82 Å². The fourth-order valence-electron chi connectivity index (χ4n) is 2.32. The third kappa shape index (κ3) is 2.43. The van der Waals surface area contributed by atoms with E-state index in [0.717, 1.165) is 55.2 Å². The molecule has 0 spiro atoms. The third-order valence-electron chi connectivity index (χ3n) is 3.33. The molecule has 1 saturated heterocycles. The number of rotatable bonds is 3. The Morgan fingerprint density at radius 1 is 1.28 bits per heavy atom. The van der Waals surface area contributed by atoms with Crippen molar-refractivity contribution in [1.29, 1.82) is 0 Å². The smallest absolute Gasteiger partial charge is 0.132 e. The number of hydrogen-bond donors (Lipinski definition) is 0. The van der Waals surface area contributed by atoms with Crippen molar-refractivity contribution in [2.75, 3.05) is 32.8 Å². The molecule has 4 nitrogen and oxygen atoms in total. The Morgan fingerprint density at radius 3 is 2.94 bits per heavy atom. The maximum atomic E-state index is 5.36. The second-order valence-electron chi connectivity index (χ2n) is 4.48. The van der Waals surface area contributed by atoms with Gasteiger partial charge in [-0.3, -0.25) is 4.90 Å². The minimum Gasteiger partial charge on any atom is -0.379 e. The molecular formula is C13H16BrN3O. The minimum absolute atomic E-state index is 0.853. The molecule has 0 amide bonds. The Hall–Kier alpha value is -0.910. The average Bonchev–Trinajstić information content (AvgIpc) is 2.75. The molecule has 5 heteroatoms. The number of ether oxygens (including phenoxy) is 1. The van der Waals surface area contributed by atoms with Gasteiger partial charge in [0.1, 0.15) is 10.4 Å². The summed E-state index contributed by atoms with van der Waals surface area (Å²) < 4.78 is 8.44. The van der Waals surface area contributed by atoms with Gasteiger partial charge in [0.05, 0.1) is 18.7 Å². The van der Waals surface area contributed by atoms with Gasteiger partial charge in [0, 0.05) is 32.3 Å². The summed E-state index contributed by atoms with van der Waals surface area (Å²) in [7, 11) is 0. The maximum Gasteiger partial charge on any atom is 0.132 e. The molecule has 0 N–H and O–H groups in total. The van der Waals surface area contributed by atoms with Crippen LogP contribution in [-0.4, -0.2) is 47.1 Å². The Kier molecular flexibility index (Phi) is 3.63. The monoisotopic (exact) mass is 309 g/mol. The second kappa shape index (κ2) is 5.38. The molecule has 1 aliphatic rings. The lowest BCUT2D eigenvalue weighted by atomic mass is 10.3. The number of aromatic nitrogens is 2. The predicted molar refractivity (Wildman–Crippen MR) is 73.9 cm³/mol. The first-order valence-electron chi connectivity index (χ1n) is 6.26. The van der Waals surface area contributed by atoms with Gasteiger partial charge in [0.25, 0.3) is 0 Å². The molecule has 18 heavy (non-hydrogen) atoms. The normalized spacial score (nSPS) is 17.4. The number of pyridine rings is 1. The summed E-state index contributed by atoms with van der Waals surface area (Å²) in [5.41, 5.74) is 1.13. The lowest BCUT2D eigenvalue weighted by Gasteiger charge is -2.26. The number of hydrogen-bond acceptors (Lipinski definition) is 3. The van der Waals surface area contributed by atoms with E-state index in [0.29, 0.717) is 0 Å². The van der Waals surface area contributed by atoms with Crippen molar-refractivity contribution >= 4 is 21.4 Å². The van der Waals surface area contributed by atoms with Gasteiger partial charge in [0.2, 0.25) is 0 Å². The fourth-order valence-corrected chi connectivity index (χ4v) is 2.85. The highest BCUT2D eigenvalue weighted by molar-refractivity contribution is 9.10. The molecule has 0 aliphatic carbocycles. The van der Waals surface area contributed by atoms with Gasteiger partial charge in [-0.25, -0.2) is 4.98 Å². The molecule has 1 aliphatic heterocycles. The summed E-state index contributed by atoms with van der Waals surface area (Å²) in [5, 5.41) is 0. The van der Waals surface area contributed by atoms with E-state index in [-0.39, 0.29) is 0 Å². The summed E-state index contributed by atoms with van der Waals surface area (Å²) in [5.74, 6) is 1.11. The van der Waals surface area contributed by atoms with E-state index in [9.17, 15) is 0 Å². The van der Waals surface area contributed by atoms with Gasteiger partial charge in [0.15, 0.2) is 0 Å². The van der Waals surface area contributed by atoms with Crippen LogP contribution in [0.15, 0.2) is 29.0 Å². The summed E-state index contributed by atoms with van der Waals surface area (Å²) in [6, 6.07) is 6.15. The van der Waals surface area contributed by atoms with Gasteiger partial charge in [-0.15, -0.1) is 0 Å². The Balaban J connectivity index is 1.74. The molecule has 0 bridgehead atoms. The molecule has 3 rings (SSSR count). The Labute approximate surface area is 115 Å². The molecular weight excluding hydrogens is 294 g/mol. The molecule has 3 heterocycles. The topological polar surface area (TPSA) is 29.8 Å². The van der Waals surface area contributed by atoms with Crippen molar-refractivity contribution in [1.82, 2.24) is 14.3 Å². The van der Waals surface area contributed by atoms with E-state index in [1.165, 1.54) is 0 Å². The first-order chi connectivity index (χ1) is 8.84. The Morgan fingerprint density at radius 2 is 2.11 bits per heavy atom. The van der Waals surface area contributed by atoms with Gasteiger partial charge in [-0.2, -0.15) is 0 Å². The summed E-state index contributed by atoms with van der Waals surface area (Å²) in [4.78, 5) is 7.03. The van der Waals surface area contributed by atoms with Crippen LogP contribution in [-0.2, 0) is 11.2 Å². The SMILES string of the molecule is Brc1nc(CCN2CCOCC2)n2ccccc12. The van der Waals surface area contributed by atoms with Gasteiger partial charge in [-0.05, 0) is 28.1 Å². The predicted octanol–water partition coefficient (Wildman–Crippen LogP) is 1.97. The van der Waals surface area contributed by atoms with Crippen molar-refractivity contribution < 1.29 is 4.74 Å². The number of fused-ring (bicyclic) bond motifs is 1. The van der Waals surface area contributed by atoms with E-state index >= 15 is 0 Å². The largest absolute Gasteiger partial charge is 0.379 e. The first kappa shape index (κ1) is 12.1. The van der Waals surface area contributed by atoms with Crippen LogP contribution >= 0.6 is 15.9 Å². The van der Waals surface area contributed by atoms with Crippen molar-refractivity contribution in [2.45, 2.75) is 6.42 Å². The van der Waals surface area contributed by atoms with E-state index < -0.39 is 0 Å². The zero-order valence-corrected chi connectivity index (χ0v) is 11.8. The Bertz CT molecular complexity index is 534. The summed E-state index contributed by atoms with van der Waals surface area (Å²) >= 11 is 3.52. The summed E-state index contributed by atoms with van der Waals surface area (Å²) in [6.45, 7) is 4.82. The zero-order chi connectivity index (χ0) is 12.4. The van der Waals surface area contributed by atoms with Crippen molar-refractivity contribution in [2.24, 2.45) is 0 Å². The molecule has 0 saturated carbocycles. The van der Waals surface area contributed by atoms with Crippen LogP contribution in [0.2, 0.25) is 0 Å². The molecule has 96 valence electrons. The van der Waals surface area contributed by atoms with E-state index in [1.807, 2.05) is 12.1 Å². The van der Waals surface area contributed by atoms with Crippen molar-refractivity contribution in [3.63, 3.8) is 0 Å². The van der Waals surface area contributed by atoms with Crippen LogP contribution in [0.4, 0.5) is 0 Å². The number of imidazole rings is 1.